The second-order valence-corrected chi connectivity index (χ2v) is 5.67. The Morgan fingerprint density at radius 2 is 2.12 bits per heavy atom. The predicted molar refractivity (Wildman–Crippen MR) is 96.2 cm³/mol. The van der Waals surface area contributed by atoms with Crippen molar-refractivity contribution in [1.82, 2.24) is 15.0 Å². The fraction of sp³-hybridized carbons (Fsp3) is 0.211. The summed E-state index contributed by atoms with van der Waals surface area (Å²) in [4.78, 5) is 17.2. The van der Waals surface area contributed by atoms with Crippen LogP contribution in [0.3, 0.4) is 0 Å². The number of aryl methyl sites for hydroxylation is 2. The van der Waals surface area contributed by atoms with E-state index in [2.05, 4.69) is 22.4 Å². The van der Waals surface area contributed by atoms with Gasteiger partial charge in [0.25, 0.3) is 5.91 Å². The van der Waals surface area contributed by atoms with Crippen molar-refractivity contribution in [3.8, 4) is 0 Å². The van der Waals surface area contributed by atoms with Crippen LogP contribution >= 0.6 is 0 Å². The van der Waals surface area contributed by atoms with Gasteiger partial charge in [-0.25, -0.2) is 5.43 Å². The third-order valence-electron chi connectivity index (χ3n) is 3.87. The summed E-state index contributed by atoms with van der Waals surface area (Å²) < 4.78 is 1.93. The lowest BCUT2D eigenvalue weighted by Crippen LogP contribution is -2.19. The van der Waals surface area contributed by atoms with Crippen LogP contribution in [0.25, 0.3) is 10.9 Å². The number of aromatic nitrogens is 2. The van der Waals surface area contributed by atoms with Crippen molar-refractivity contribution in [3.63, 3.8) is 0 Å². The highest BCUT2D eigenvalue weighted by atomic mass is 16.2. The maximum absolute atomic E-state index is 12.6. The highest BCUT2D eigenvalue weighted by Gasteiger charge is 2.12. The van der Waals surface area contributed by atoms with Gasteiger partial charge in [-0.15, -0.1) is 0 Å². The maximum atomic E-state index is 12.6. The number of hydrogen-bond acceptors (Lipinski definition) is 3. The first kappa shape index (κ1) is 15.9. The number of para-hydroxylation sites is 1. The maximum Gasteiger partial charge on any atom is 0.272 e. The molecule has 1 amide bonds. The van der Waals surface area contributed by atoms with Gasteiger partial charge < -0.3 is 4.57 Å². The molecule has 3 rings (SSSR count). The van der Waals surface area contributed by atoms with E-state index in [0.29, 0.717) is 5.56 Å². The van der Waals surface area contributed by atoms with Crippen LogP contribution in [0.1, 0.15) is 35.1 Å². The predicted octanol–water partition coefficient (Wildman–Crippen LogP) is 3.29. The number of fused-ring (bicyclic) bond motifs is 1. The molecule has 1 N–H and O–H groups in total. The van der Waals surface area contributed by atoms with Crippen molar-refractivity contribution in [2.75, 3.05) is 0 Å². The summed E-state index contributed by atoms with van der Waals surface area (Å²) in [5.74, 6) is -0.226. The molecule has 2 heterocycles. The van der Waals surface area contributed by atoms with Crippen molar-refractivity contribution in [3.05, 3.63) is 65.6 Å². The largest absolute Gasteiger partial charge is 0.350 e. The number of hydrogen-bond donors (Lipinski definition) is 1. The van der Waals surface area contributed by atoms with E-state index < -0.39 is 0 Å². The molecule has 0 aliphatic carbocycles. The van der Waals surface area contributed by atoms with Crippen LogP contribution in [-0.4, -0.2) is 21.7 Å². The molecule has 0 unspecified atom stereocenters. The standard InChI is InChI=1S/C19H20N4O/c1-3-7-14-12-17(16-9-4-5-10-18(16)21-14)19(24)22-20-13-15-8-6-11-23(15)2/h4-6,8-13H,3,7H2,1-2H3,(H,22,24)/b20-13-. The number of carbonyl (C=O) groups excluding carboxylic acids is 1. The Balaban J connectivity index is 1.88. The lowest BCUT2D eigenvalue weighted by Gasteiger charge is -2.08. The van der Waals surface area contributed by atoms with Crippen LogP contribution in [0, 0.1) is 0 Å². The zero-order chi connectivity index (χ0) is 16.9. The molecular weight excluding hydrogens is 300 g/mol. The third kappa shape index (κ3) is 3.35. The molecule has 0 spiro atoms. The van der Waals surface area contributed by atoms with Crippen molar-refractivity contribution >= 4 is 23.0 Å². The second kappa shape index (κ2) is 7.08. The molecule has 5 nitrogen and oxygen atoms in total. The van der Waals surface area contributed by atoms with Gasteiger partial charge in [-0.2, -0.15) is 5.10 Å². The van der Waals surface area contributed by atoms with Gasteiger partial charge in [0.05, 0.1) is 23.0 Å². The van der Waals surface area contributed by atoms with Gasteiger partial charge in [0.15, 0.2) is 0 Å². The minimum absolute atomic E-state index is 0.226. The summed E-state index contributed by atoms with van der Waals surface area (Å²) in [6, 6.07) is 13.4. The number of pyridine rings is 1. The fourth-order valence-electron chi connectivity index (χ4n) is 2.63. The molecule has 24 heavy (non-hydrogen) atoms. The topological polar surface area (TPSA) is 59.3 Å². The SMILES string of the molecule is CCCc1cc(C(=O)N/N=C\c2cccn2C)c2ccccc2n1. The highest BCUT2D eigenvalue weighted by molar-refractivity contribution is 6.06. The molecule has 0 aliphatic rings. The molecule has 5 heteroatoms. The van der Waals surface area contributed by atoms with E-state index in [4.69, 9.17) is 0 Å². The first-order valence-electron chi connectivity index (χ1n) is 8.02. The van der Waals surface area contributed by atoms with Gasteiger partial charge in [0.1, 0.15) is 0 Å². The minimum Gasteiger partial charge on any atom is -0.350 e. The van der Waals surface area contributed by atoms with Crippen molar-refractivity contribution in [2.24, 2.45) is 12.1 Å². The Bertz CT molecular complexity index is 895. The van der Waals surface area contributed by atoms with Crippen molar-refractivity contribution in [2.45, 2.75) is 19.8 Å². The van der Waals surface area contributed by atoms with Crippen LogP contribution in [0.2, 0.25) is 0 Å². The molecule has 0 aliphatic heterocycles. The molecule has 0 bridgehead atoms. The van der Waals surface area contributed by atoms with E-state index in [1.807, 2.05) is 60.3 Å². The smallest absolute Gasteiger partial charge is 0.272 e. The molecule has 1 aromatic carbocycles. The molecule has 0 saturated carbocycles. The molecule has 2 aromatic heterocycles. The molecule has 0 atom stereocenters. The van der Waals surface area contributed by atoms with Crippen LogP contribution < -0.4 is 5.43 Å². The van der Waals surface area contributed by atoms with Gasteiger partial charge in [-0.3, -0.25) is 9.78 Å². The minimum atomic E-state index is -0.226. The number of nitrogens with one attached hydrogen (secondary N) is 1. The summed E-state index contributed by atoms with van der Waals surface area (Å²) in [6.45, 7) is 2.10. The van der Waals surface area contributed by atoms with Crippen LogP contribution in [-0.2, 0) is 13.5 Å². The number of rotatable bonds is 5. The Kier molecular flexibility index (Phi) is 4.70. The monoisotopic (exact) mass is 320 g/mol. The number of hydrazone groups is 1. The first-order valence-corrected chi connectivity index (χ1v) is 8.02. The lowest BCUT2D eigenvalue weighted by atomic mass is 10.1. The van der Waals surface area contributed by atoms with E-state index in [1.165, 1.54) is 0 Å². The summed E-state index contributed by atoms with van der Waals surface area (Å²) in [5, 5.41) is 4.90. The Labute approximate surface area is 141 Å². The van der Waals surface area contributed by atoms with Gasteiger partial charge >= 0.3 is 0 Å². The quantitative estimate of drug-likeness (QED) is 0.579. The van der Waals surface area contributed by atoms with Crippen molar-refractivity contribution in [1.29, 1.82) is 0 Å². The van der Waals surface area contributed by atoms with Crippen LogP contribution in [0.4, 0.5) is 0 Å². The third-order valence-corrected chi connectivity index (χ3v) is 3.87. The number of amides is 1. The van der Waals surface area contributed by atoms with Gasteiger partial charge in [0, 0.05) is 24.3 Å². The van der Waals surface area contributed by atoms with Gasteiger partial charge in [-0.05, 0) is 30.7 Å². The summed E-state index contributed by atoms with van der Waals surface area (Å²) in [7, 11) is 1.93. The number of nitrogens with zero attached hydrogens (tertiary/aromatic N) is 3. The number of carbonyl (C=O) groups is 1. The second-order valence-electron chi connectivity index (χ2n) is 5.67. The average Bonchev–Trinajstić information content (AvgIpc) is 2.99. The van der Waals surface area contributed by atoms with Crippen LogP contribution in [0.5, 0.6) is 0 Å². The summed E-state index contributed by atoms with van der Waals surface area (Å²) in [6.07, 6.45) is 5.39. The zero-order valence-corrected chi connectivity index (χ0v) is 13.9. The van der Waals surface area contributed by atoms with Gasteiger partial charge in [-0.1, -0.05) is 31.5 Å². The summed E-state index contributed by atoms with van der Waals surface area (Å²) in [5.41, 5.74) is 5.90. The molecule has 3 aromatic rings. The Morgan fingerprint density at radius 1 is 1.29 bits per heavy atom. The zero-order valence-electron chi connectivity index (χ0n) is 13.9. The molecule has 0 radical (unpaired) electrons. The van der Waals surface area contributed by atoms with E-state index in [0.717, 1.165) is 35.1 Å². The van der Waals surface area contributed by atoms with Crippen molar-refractivity contribution < 1.29 is 4.79 Å². The van der Waals surface area contributed by atoms with Crippen LogP contribution in [0.15, 0.2) is 53.8 Å². The first-order chi connectivity index (χ1) is 11.7. The lowest BCUT2D eigenvalue weighted by molar-refractivity contribution is 0.0956. The van der Waals surface area contributed by atoms with E-state index in [9.17, 15) is 4.79 Å². The summed E-state index contributed by atoms with van der Waals surface area (Å²) >= 11 is 0. The molecule has 0 fully saturated rings. The van der Waals surface area contributed by atoms with E-state index >= 15 is 0 Å². The average molecular weight is 320 g/mol. The molecule has 0 saturated heterocycles. The van der Waals surface area contributed by atoms with E-state index in [1.54, 1.807) is 6.21 Å². The number of benzene rings is 1. The normalized spacial score (nSPS) is 11.2. The van der Waals surface area contributed by atoms with Gasteiger partial charge in [0.2, 0.25) is 0 Å². The Hall–Kier alpha value is -2.95. The Morgan fingerprint density at radius 3 is 2.88 bits per heavy atom. The van der Waals surface area contributed by atoms with E-state index in [-0.39, 0.29) is 5.91 Å². The highest BCUT2D eigenvalue weighted by Crippen LogP contribution is 2.19. The molecular formula is C19H20N4O. The molecule has 122 valence electrons. The fourth-order valence-corrected chi connectivity index (χ4v) is 2.63.